The van der Waals surface area contributed by atoms with Crippen molar-refractivity contribution in [2.75, 3.05) is 20.3 Å². The van der Waals surface area contributed by atoms with E-state index in [4.69, 9.17) is 9.47 Å². The summed E-state index contributed by atoms with van der Waals surface area (Å²) in [6, 6.07) is 8.87. The molecule has 0 radical (unpaired) electrons. The number of carbonyl (C=O) groups excluding carboxylic acids is 2. The molecule has 9 nitrogen and oxygen atoms in total. The molecule has 0 spiro atoms. The minimum absolute atomic E-state index is 0.000135. The van der Waals surface area contributed by atoms with E-state index in [-0.39, 0.29) is 29.6 Å². The quantitative estimate of drug-likeness (QED) is 0.268. The first kappa shape index (κ1) is 26.6. The SMILES string of the molecule is CCCCNC(=O)[C@@H](CC)N(Cc1ccc(F)cc1)C(=O)COc1ccc([N+](=O)[O-])c(OC)c1. The highest BCUT2D eigenvalue weighted by Crippen LogP contribution is 2.30. The standard InChI is InChI=1S/C24H30FN3O6/c1-4-6-13-26-24(30)20(5-2)27(15-17-7-9-18(25)10-8-17)23(29)16-34-19-11-12-21(28(31)32)22(14-19)33-3/h7-12,14,20H,4-6,13,15-16H2,1-3H3,(H,26,30)/t20-/m1/s1. The molecule has 0 saturated carbocycles. The van der Waals surface area contributed by atoms with Crippen LogP contribution in [0.1, 0.15) is 38.7 Å². The third-order valence-corrected chi connectivity index (χ3v) is 5.19. The molecule has 2 aromatic carbocycles. The Balaban J connectivity index is 2.21. The molecule has 0 saturated heterocycles. The fourth-order valence-electron chi connectivity index (χ4n) is 3.34. The van der Waals surface area contributed by atoms with Gasteiger partial charge in [-0.25, -0.2) is 4.39 Å². The lowest BCUT2D eigenvalue weighted by Crippen LogP contribution is -2.50. The monoisotopic (exact) mass is 475 g/mol. The van der Waals surface area contributed by atoms with Crippen LogP contribution in [0.5, 0.6) is 11.5 Å². The molecule has 0 heterocycles. The Hall–Kier alpha value is -3.69. The molecule has 1 N–H and O–H groups in total. The number of benzene rings is 2. The van der Waals surface area contributed by atoms with Gasteiger partial charge in [0, 0.05) is 25.2 Å². The Morgan fingerprint density at radius 2 is 1.88 bits per heavy atom. The van der Waals surface area contributed by atoms with E-state index in [1.54, 1.807) is 19.1 Å². The number of carbonyl (C=O) groups is 2. The second-order valence-electron chi connectivity index (χ2n) is 7.60. The molecule has 34 heavy (non-hydrogen) atoms. The van der Waals surface area contributed by atoms with Crippen LogP contribution in [0.15, 0.2) is 42.5 Å². The third-order valence-electron chi connectivity index (χ3n) is 5.19. The van der Waals surface area contributed by atoms with Gasteiger partial charge < -0.3 is 19.7 Å². The van der Waals surface area contributed by atoms with Crippen LogP contribution in [0, 0.1) is 15.9 Å². The highest BCUT2D eigenvalue weighted by atomic mass is 19.1. The van der Waals surface area contributed by atoms with Gasteiger partial charge in [-0.15, -0.1) is 0 Å². The highest BCUT2D eigenvalue weighted by Gasteiger charge is 2.29. The summed E-state index contributed by atoms with van der Waals surface area (Å²) < 4.78 is 23.9. The van der Waals surface area contributed by atoms with Crippen LogP contribution in [0.25, 0.3) is 0 Å². The van der Waals surface area contributed by atoms with Crippen molar-refractivity contribution in [3.63, 3.8) is 0 Å². The Labute approximate surface area is 198 Å². The molecule has 2 aromatic rings. The van der Waals surface area contributed by atoms with Crippen LogP contribution < -0.4 is 14.8 Å². The van der Waals surface area contributed by atoms with Crippen LogP contribution in [-0.2, 0) is 16.1 Å². The van der Waals surface area contributed by atoms with Crippen LogP contribution >= 0.6 is 0 Å². The zero-order chi connectivity index (χ0) is 25.1. The second-order valence-corrected chi connectivity index (χ2v) is 7.60. The topological polar surface area (TPSA) is 111 Å². The molecule has 184 valence electrons. The summed E-state index contributed by atoms with van der Waals surface area (Å²) in [4.78, 5) is 37.9. The van der Waals surface area contributed by atoms with Gasteiger partial charge in [-0.05, 0) is 36.6 Å². The van der Waals surface area contributed by atoms with Crippen LogP contribution in [0.3, 0.4) is 0 Å². The molecule has 0 bridgehead atoms. The molecule has 0 aliphatic heterocycles. The summed E-state index contributed by atoms with van der Waals surface area (Å²) in [5.41, 5.74) is 0.431. The summed E-state index contributed by atoms with van der Waals surface area (Å²) in [6.07, 6.45) is 2.11. The lowest BCUT2D eigenvalue weighted by Gasteiger charge is -2.30. The average molecular weight is 476 g/mol. The zero-order valence-corrected chi connectivity index (χ0v) is 19.6. The second kappa shape index (κ2) is 13.1. The molecular formula is C24H30FN3O6. The van der Waals surface area contributed by atoms with Crippen LogP contribution in [0.4, 0.5) is 10.1 Å². The van der Waals surface area contributed by atoms with Crippen molar-refractivity contribution in [1.82, 2.24) is 10.2 Å². The summed E-state index contributed by atoms with van der Waals surface area (Å²) in [5, 5.41) is 13.9. The smallest absolute Gasteiger partial charge is 0.311 e. The molecule has 2 amide bonds. The van der Waals surface area contributed by atoms with Crippen molar-refractivity contribution in [3.8, 4) is 11.5 Å². The molecule has 0 fully saturated rings. The minimum Gasteiger partial charge on any atom is -0.490 e. The summed E-state index contributed by atoms with van der Waals surface area (Å²) in [6.45, 7) is 4.01. The minimum atomic E-state index is -0.746. The number of unbranched alkanes of at least 4 members (excludes halogenated alkanes) is 1. The number of hydrogen-bond donors (Lipinski definition) is 1. The van der Waals surface area contributed by atoms with E-state index in [1.807, 2.05) is 6.92 Å². The van der Waals surface area contributed by atoms with Gasteiger partial charge in [0.1, 0.15) is 17.6 Å². The van der Waals surface area contributed by atoms with Crippen LogP contribution in [0.2, 0.25) is 0 Å². The van der Waals surface area contributed by atoms with Gasteiger partial charge in [0.25, 0.3) is 5.91 Å². The number of nitro benzene ring substituents is 1. The normalized spacial score (nSPS) is 11.4. The summed E-state index contributed by atoms with van der Waals surface area (Å²) in [7, 11) is 1.30. The fraction of sp³-hybridized carbons (Fsp3) is 0.417. The summed E-state index contributed by atoms with van der Waals surface area (Å²) >= 11 is 0. The van der Waals surface area contributed by atoms with Gasteiger partial charge in [-0.3, -0.25) is 19.7 Å². The number of nitrogens with one attached hydrogen (secondary N) is 1. The first-order chi connectivity index (χ1) is 16.3. The van der Waals surface area contributed by atoms with E-state index in [0.717, 1.165) is 12.8 Å². The van der Waals surface area contributed by atoms with Gasteiger partial charge in [0.05, 0.1) is 12.0 Å². The third kappa shape index (κ3) is 7.43. The van der Waals surface area contributed by atoms with Gasteiger partial charge in [0.2, 0.25) is 11.7 Å². The molecular weight excluding hydrogens is 445 g/mol. The molecule has 10 heteroatoms. The van der Waals surface area contributed by atoms with Crippen molar-refractivity contribution >= 4 is 17.5 Å². The van der Waals surface area contributed by atoms with Crippen molar-refractivity contribution < 1.29 is 28.4 Å². The first-order valence-corrected chi connectivity index (χ1v) is 11.1. The zero-order valence-electron chi connectivity index (χ0n) is 19.6. The van der Waals surface area contributed by atoms with E-state index in [9.17, 15) is 24.1 Å². The largest absolute Gasteiger partial charge is 0.490 e. The van der Waals surface area contributed by atoms with E-state index >= 15 is 0 Å². The van der Waals surface area contributed by atoms with E-state index in [1.165, 1.54) is 42.3 Å². The van der Waals surface area contributed by atoms with Gasteiger partial charge in [0.15, 0.2) is 6.61 Å². The van der Waals surface area contributed by atoms with Gasteiger partial charge >= 0.3 is 5.69 Å². The molecule has 0 aliphatic rings. The van der Waals surface area contributed by atoms with E-state index in [2.05, 4.69) is 5.32 Å². The predicted molar refractivity (Wildman–Crippen MR) is 124 cm³/mol. The fourth-order valence-corrected chi connectivity index (χ4v) is 3.34. The number of amides is 2. The van der Waals surface area contributed by atoms with Gasteiger partial charge in [-0.2, -0.15) is 0 Å². The number of nitro groups is 1. The van der Waals surface area contributed by atoms with Gasteiger partial charge in [-0.1, -0.05) is 32.4 Å². The lowest BCUT2D eigenvalue weighted by atomic mass is 10.1. The molecule has 0 aromatic heterocycles. The summed E-state index contributed by atoms with van der Waals surface area (Å²) in [5.74, 6) is -0.929. The van der Waals surface area contributed by atoms with E-state index < -0.39 is 29.3 Å². The number of hydrogen-bond acceptors (Lipinski definition) is 6. The van der Waals surface area contributed by atoms with Crippen molar-refractivity contribution in [2.24, 2.45) is 0 Å². The Bertz CT molecular complexity index is 983. The number of nitrogens with zero attached hydrogens (tertiary/aromatic N) is 2. The number of ether oxygens (including phenoxy) is 2. The predicted octanol–water partition coefficient (Wildman–Crippen LogP) is 3.85. The maximum absolute atomic E-state index is 13.3. The lowest BCUT2D eigenvalue weighted by molar-refractivity contribution is -0.385. The average Bonchev–Trinajstić information content (AvgIpc) is 2.83. The number of rotatable bonds is 13. The maximum Gasteiger partial charge on any atom is 0.311 e. The number of methoxy groups -OCH3 is 1. The molecule has 0 aliphatic carbocycles. The molecule has 2 rings (SSSR count). The van der Waals surface area contributed by atoms with Crippen molar-refractivity contribution in [1.29, 1.82) is 0 Å². The van der Waals surface area contributed by atoms with Crippen molar-refractivity contribution in [3.05, 3.63) is 64.0 Å². The highest BCUT2D eigenvalue weighted by molar-refractivity contribution is 5.88. The molecule has 1 atom stereocenters. The van der Waals surface area contributed by atoms with Crippen LogP contribution in [-0.4, -0.2) is 47.9 Å². The Morgan fingerprint density at radius 1 is 1.18 bits per heavy atom. The maximum atomic E-state index is 13.3. The Morgan fingerprint density at radius 3 is 2.47 bits per heavy atom. The first-order valence-electron chi connectivity index (χ1n) is 11.1. The molecule has 0 unspecified atom stereocenters. The Kier molecular flexibility index (Phi) is 10.3. The van der Waals surface area contributed by atoms with Crippen molar-refractivity contribution in [2.45, 2.75) is 45.7 Å². The van der Waals surface area contributed by atoms with E-state index in [0.29, 0.717) is 18.5 Å². The number of halogens is 1.